The van der Waals surface area contributed by atoms with Gasteiger partial charge in [-0.05, 0) is 6.07 Å². The highest BCUT2D eigenvalue weighted by Gasteiger charge is 2.23. The van der Waals surface area contributed by atoms with Crippen LogP contribution in [0.1, 0.15) is 5.56 Å². The highest BCUT2D eigenvalue weighted by atomic mass is 16.3. The molecule has 86 valence electrons. The van der Waals surface area contributed by atoms with Crippen molar-refractivity contribution < 1.29 is 14.0 Å². The van der Waals surface area contributed by atoms with Gasteiger partial charge in [0.15, 0.2) is 0 Å². The van der Waals surface area contributed by atoms with Crippen molar-refractivity contribution in [3.8, 4) is 0 Å². The third-order valence-corrected chi connectivity index (χ3v) is 2.38. The molecule has 0 aromatic carbocycles. The smallest absolute Gasteiger partial charge is 0.239 e. The standard InChI is InChI=1S/C10H13N3O3/c14-9-5-11-8(4-12-9)10(15)13-3-7-1-2-16-6-7/h1-2,6,8,11H,3-5H2,(H,12,14)(H,13,15). The van der Waals surface area contributed by atoms with Crippen molar-refractivity contribution >= 4 is 11.8 Å². The van der Waals surface area contributed by atoms with Gasteiger partial charge in [0.25, 0.3) is 0 Å². The molecule has 6 heteroatoms. The molecule has 2 heterocycles. The Morgan fingerprint density at radius 3 is 3.12 bits per heavy atom. The second-order valence-corrected chi connectivity index (χ2v) is 3.59. The fraction of sp³-hybridized carbons (Fsp3) is 0.400. The van der Waals surface area contributed by atoms with E-state index in [0.717, 1.165) is 5.56 Å². The van der Waals surface area contributed by atoms with Crippen LogP contribution in [0.4, 0.5) is 0 Å². The Hall–Kier alpha value is -1.82. The zero-order chi connectivity index (χ0) is 11.4. The molecule has 1 unspecified atom stereocenters. The number of carbonyl (C=O) groups excluding carboxylic acids is 2. The SMILES string of the molecule is O=C1CNC(C(=O)NCc2ccoc2)CN1. The maximum Gasteiger partial charge on any atom is 0.239 e. The Morgan fingerprint density at radius 1 is 1.62 bits per heavy atom. The van der Waals surface area contributed by atoms with Crippen LogP contribution in [0.5, 0.6) is 0 Å². The first kappa shape index (κ1) is 10.7. The predicted molar refractivity (Wildman–Crippen MR) is 55.4 cm³/mol. The summed E-state index contributed by atoms with van der Waals surface area (Å²) in [4.78, 5) is 22.5. The lowest BCUT2D eigenvalue weighted by molar-refractivity contribution is -0.126. The quantitative estimate of drug-likeness (QED) is 0.612. The lowest BCUT2D eigenvalue weighted by Gasteiger charge is -2.22. The van der Waals surface area contributed by atoms with E-state index in [9.17, 15) is 9.59 Å². The number of hydrogen-bond donors (Lipinski definition) is 3. The minimum Gasteiger partial charge on any atom is -0.472 e. The van der Waals surface area contributed by atoms with E-state index < -0.39 is 0 Å². The molecule has 0 radical (unpaired) electrons. The molecule has 0 spiro atoms. The summed E-state index contributed by atoms with van der Waals surface area (Å²) in [6.45, 7) is 0.946. The van der Waals surface area contributed by atoms with Crippen LogP contribution in [0.2, 0.25) is 0 Å². The van der Waals surface area contributed by atoms with Crippen molar-refractivity contribution in [3.63, 3.8) is 0 Å². The summed E-state index contributed by atoms with van der Waals surface area (Å²) in [7, 11) is 0. The number of nitrogens with one attached hydrogen (secondary N) is 3. The summed E-state index contributed by atoms with van der Waals surface area (Å²) in [6, 6.07) is 1.43. The van der Waals surface area contributed by atoms with E-state index in [0.29, 0.717) is 13.1 Å². The Kier molecular flexibility index (Phi) is 3.21. The van der Waals surface area contributed by atoms with Gasteiger partial charge >= 0.3 is 0 Å². The lowest BCUT2D eigenvalue weighted by atomic mass is 10.2. The highest BCUT2D eigenvalue weighted by Crippen LogP contribution is 1.99. The lowest BCUT2D eigenvalue weighted by Crippen LogP contribution is -2.57. The Balaban J connectivity index is 1.77. The van der Waals surface area contributed by atoms with Crippen molar-refractivity contribution in [3.05, 3.63) is 24.2 Å². The van der Waals surface area contributed by atoms with Crippen LogP contribution in [0.15, 0.2) is 23.0 Å². The molecular weight excluding hydrogens is 210 g/mol. The first-order valence-electron chi connectivity index (χ1n) is 5.04. The van der Waals surface area contributed by atoms with Gasteiger partial charge in [0.2, 0.25) is 11.8 Å². The molecule has 1 aromatic rings. The van der Waals surface area contributed by atoms with Gasteiger partial charge in [0.05, 0.1) is 19.1 Å². The molecule has 1 aliphatic heterocycles. The van der Waals surface area contributed by atoms with Crippen LogP contribution in [-0.4, -0.2) is 30.9 Å². The van der Waals surface area contributed by atoms with E-state index in [-0.39, 0.29) is 24.4 Å². The first-order chi connectivity index (χ1) is 7.75. The van der Waals surface area contributed by atoms with Gasteiger partial charge in [-0.2, -0.15) is 0 Å². The van der Waals surface area contributed by atoms with Gasteiger partial charge in [0, 0.05) is 18.7 Å². The van der Waals surface area contributed by atoms with Gasteiger partial charge in [0.1, 0.15) is 6.04 Å². The van der Waals surface area contributed by atoms with E-state index in [4.69, 9.17) is 4.42 Å². The van der Waals surface area contributed by atoms with E-state index in [1.807, 2.05) is 0 Å². The molecule has 0 aliphatic carbocycles. The summed E-state index contributed by atoms with van der Waals surface area (Å²) >= 11 is 0. The third kappa shape index (κ3) is 2.60. The van der Waals surface area contributed by atoms with Gasteiger partial charge in [-0.25, -0.2) is 0 Å². The second-order valence-electron chi connectivity index (χ2n) is 3.59. The van der Waals surface area contributed by atoms with Crippen molar-refractivity contribution in [1.29, 1.82) is 0 Å². The predicted octanol–water partition coefficient (Wildman–Crippen LogP) is -1.02. The summed E-state index contributed by atoms with van der Waals surface area (Å²) < 4.78 is 4.88. The average molecular weight is 223 g/mol. The molecule has 2 rings (SSSR count). The van der Waals surface area contributed by atoms with Crippen molar-refractivity contribution in [2.45, 2.75) is 12.6 Å². The molecule has 2 amide bonds. The molecule has 1 fully saturated rings. The van der Waals surface area contributed by atoms with Crippen molar-refractivity contribution in [1.82, 2.24) is 16.0 Å². The average Bonchev–Trinajstić information content (AvgIpc) is 2.80. The zero-order valence-corrected chi connectivity index (χ0v) is 8.66. The fourth-order valence-corrected chi connectivity index (χ4v) is 1.46. The number of furan rings is 1. The molecule has 6 nitrogen and oxygen atoms in total. The van der Waals surface area contributed by atoms with Crippen LogP contribution in [-0.2, 0) is 16.1 Å². The van der Waals surface area contributed by atoms with E-state index >= 15 is 0 Å². The summed E-state index contributed by atoms with van der Waals surface area (Å²) in [6.07, 6.45) is 3.14. The zero-order valence-electron chi connectivity index (χ0n) is 8.66. The first-order valence-corrected chi connectivity index (χ1v) is 5.04. The van der Waals surface area contributed by atoms with Crippen LogP contribution in [0, 0.1) is 0 Å². The molecule has 1 aromatic heterocycles. The molecule has 0 saturated carbocycles. The van der Waals surface area contributed by atoms with Crippen molar-refractivity contribution in [2.75, 3.05) is 13.1 Å². The minimum absolute atomic E-state index is 0.0844. The summed E-state index contributed by atoms with van der Waals surface area (Å²) in [5.74, 6) is -0.208. The Morgan fingerprint density at radius 2 is 2.50 bits per heavy atom. The Bertz CT molecular complexity index is 365. The van der Waals surface area contributed by atoms with Gasteiger partial charge in [-0.1, -0.05) is 0 Å². The highest BCUT2D eigenvalue weighted by molar-refractivity contribution is 5.86. The van der Waals surface area contributed by atoms with Crippen LogP contribution >= 0.6 is 0 Å². The van der Waals surface area contributed by atoms with E-state index in [1.165, 1.54) is 0 Å². The summed E-state index contributed by atoms with van der Waals surface area (Å²) in [5, 5.41) is 8.23. The molecule has 1 atom stereocenters. The normalized spacial score (nSPS) is 20.2. The van der Waals surface area contributed by atoms with Crippen LogP contribution < -0.4 is 16.0 Å². The molecule has 3 N–H and O–H groups in total. The van der Waals surface area contributed by atoms with Gasteiger partial charge < -0.3 is 15.1 Å². The number of rotatable bonds is 3. The number of amides is 2. The topological polar surface area (TPSA) is 83.4 Å². The second kappa shape index (κ2) is 4.80. The maximum atomic E-state index is 11.6. The number of hydrogen-bond acceptors (Lipinski definition) is 4. The Labute approximate surface area is 92.4 Å². The number of carbonyl (C=O) groups is 2. The van der Waals surface area contributed by atoms with Crippen LogP contribution in [0.25, 0.3) is 0 Å². The molecular formula is C10H13N3O3. The third-order valence-electron chi connectivity index (χ3n) is 2.38. The monoisotopic (exact) mass is 223 g/mol. The summed E-state index contributed by atoms with van der Waals surface area (Å²) in [5.41, 5.74) is 0.910. The van der Waals surface area contributed by atoms with Crippen molar-refractivity contribution in [2.24, 2.45) is 0 Å². The van der Waals surface area contributed by atoms with Gasteiger partial charge in [-0.3, -0.25) is 14.9 Å². The molecule has 0 bridgehead atoms. The van der Waals surface area contributed by atoms with E-state index in [1.54, 1.807) is 18.6 Å². The molecule has 1 aliphatic rings. The maximum absolute atomic E-state index is 11.6. The minimum atomic E-state index is -0.357. The molecule has 16 heavy (non-hydrogen) atoms. The fourth-order valence-electron chi connectivity index (χ4n) is 1.46. The van der Waals surface area contributed by atoms with E-state index in [2.05, 4.69) is 16.0 Å². The largest absolute Gasteiger partial charge is 0.472 e. The van der Waals surface area contributed by atoms with Crippen LogP contribution in [0.3, 0.4) is 0 Å². The van der Waals surface area contributed by atoms with Gasteiger partial charge in [-0.15, -0.1) is 0 Å². The molecule has 1 saturated heterocycles. The number of piperazine rings is 1.